The summed E-state index contributed by atoms with van der Waals surface area (Å²) in [4.78, 5) is 0. The quantitative estimate of drug-likeness (QED) is 0.104. The van der Waals surface area contributed by atoms with E-state index in [0.717, 1.165) is 0 Å². The van der Waals surface area contributed by atoms with Gasteiger partial charge in [-0.2, -0.15) is 10.2 Å². The summed E-state index contributed by atoms with van der Waals surface area (Å²) < 4.78 is 135. The Kier molecular flexibility index (Phi) is 7.14. The van der Waals surface area contributed by atoms with Gasteiger partial charge in [-0.25, -0.2) is 43.9 Å². The Labute approximate surface area is 204 Å². The molecule has 0 fully saturated rings. The van der Waals surface area contributed by atoms with Crippen LogP contribution in [0.1, 0.15) is 11.1 Å². The lowest BCUT2D eigenvalue weighted by Gasteiger charge is -2.08. The third-order valence-corrected chi connectivity index (χ3v) is 4.90. The van der Waals surface area contributed by atoms with Crippen molar-refractivity contribution in [1.82, 2.24) is 10.2 Å². The van der Waals surface area contributed by atoms with E-state index in [0.29, 0.717) is 12.4 Å². The molecule has 196 valence electrons. The minimum atomic E-state index is -2.34. The van der Waals surface area contributed by atoms with Gasteiger partial charge in [-0.1, -0.05) is 24.3 Å². The average molecular weight is 546 g/mol. The van der Waals surface area contributed by atoms with Gasteiger partial charge in [-0.05, 0) is 0 Å². The van der Waals surface area contributed by atoms with Crippen LogP contribution in [0.15, 0.2) is 34.5 Å². The lowest BCUT2D eigenvalue weighted by Crippen LogP contribution is -2.08. The minimum absolute atomic E-state index is 0.171. The van der Waals surface area contributed by atoms with Crippen molar-refractivity contribution in [2.45, 2.75) is 0 Å². The monoisotopic (exact) mass is 546 g/mol. The standard InChI is InChI=1S/C22H8F10N6/c23-11-9(12(24)16(28)19(31)15(11)27)5-33-35-21-7-3-1-2-4-8(7)22(38-37-21)36-34-6-10-13(25)17(29)20(32)18(30)14(10)26/h1-6H,(H,35,37)(H,36,38)/b33-5-,34-6+. The number of fused-ring (bicyclic) bond motifs is 1. The maximum absolute atomic E-state index is 13.8. The first-order valence-corrected chi connectivity index (χ1v) is 9.91. The Hall–Kier alpha value is -4.76. The van der Waals surface area contributed by atoms with Crippen LogP contribution >= 0.6 is 0 Å². The zero-order valence-corrected chi connectivity index (χ0v) is 18.0. The second-order valence-electron chi connectivity index (χ2n) is 7.15. The van der Waals surface area contributed by atoms with E-state index < -0.39 is 69.3 Å². The maximum atomic E-state index is 13.8. The summed E-state index contributed by atoms with van der Waals surface area (Å²) in [6.45, 7) is 0. The number of nitrogens with zero attached hydrogens (tertiary/aromatic N) is 4. The zero-order chi connectivity index (χ0) is 27.7. The highest BCUT2D eigenvalue weighted by molar-refractivity contribution is 5.98. The average Bonchev–Trinajstić information content (AvgIpc) is 2.93. The number of anilines is 2. The highest BCUT2D eigenvalue weighted by Crippen LogP contribution is 2.27. The molecule has 4 aromatic rings. The summed E-state index contributed by atoms with van der Waals surface area (Å²) in [5, 5.41) is 14.7. The molecule has 6 nitrogen and oxygen atoms in total. The van der Waals surface area contributed by atoms with Gasteiger partial charge in [0.25, 0.3) is 0 Å². The lowest BCUT2D eigenvalue weighted by atomic mass is 10.2. The first-order chi connectivity index (χ1) is 18.0. The number of aromatic nitrogens is 2. The van der Waals surface area contributed by atoms with Crippen molar-refractivity contribution in [3.63, 3.8) is 0 Å². The maximum Gasteiger partial charge on any atom is 0.200 e. The van der Waals surface area contributed by atoms with Crippen LogP contribution in [0.5, 0.6) is 0 Å². The molecule has 0 unspecified atom stereocenters. The molecule has 0 atom stereocenters. The summed E-state index contributed by atoms with van der Waals surface area (Å²) in [6, 6.07) is 5.87. The molecule has 4 rings (SSSR count). The van der Waals surface area contributed by atoms with Crippen LogP contribution in [0.4, 0.5) is 55.5 Å². The van der Waals surface area contributed by atoms with Gasteiger partial charge in [0.05, 0.1) is 23.6 Å². The van der Waals surface area contributed by atoms with E-state index in [2.05, 4.69) is 31.3 Å². The van der Waals surface area contributed by atoms with Crippen molar-refractivity contribution in [1.29, 1.82) is 0 Å². The van der Waals surface area contributed by atoms with E-state index in [-0.39, 0.29) is 22.4 Å². The highest BCUT2D eigenvalue weighted by atomic mass is 19.2. The molecule has 0 spiro atoms. The summed E-state index contributed by atoms with van der Waals surface area (Å²) >= 11 is 0. The van der Waals surface area contributed by atoms with Crippen LogP contribution in [0.3, 0.4) is 0 Å². The fourth-order valence-corrected chi connectivity index (χ4v) is 3.06. The molecule has 0 aliphatic carbocycles. The molecular formula is C22H8F10N6. The molecule has 0 aliphatic heterocycles. The van der Waals surface area contributed by atoms with Gasteiger partial charge >= 0.3 is 0 Å². The fourth-order valence-electron chi connectivity index (χ4n) is 3.06. The third-order valence-electron chi connectivity index (χ3n) is 4.90. The second kappa shape index (κ2) is 10.3. The molecule has 0 aliphatic rings. The molecule has 0 saturated carbocycles. The fraction of sp³-hybridized carbons (Fsp3) is 0. The molecule has 16 heteroatoms. The van der Waals surface area contributed by atoms with Crippen LogP contribution in [0, 0.1) is 58.2 Å². The Bertz CT molecular complexity index is 1460. The Morgan fingerprint density at radius 3 is 1.08 bits per heavy atom. The smallest absolute Gasteiger partial charge is 0.200 e. The van der Waals surface area contributed by atoms with Crippen LogP contribution < -0.4 is 10.9 Å². The van der Waals surface area contributed by atoms with E-state index in [1.54, 1.807) is 0 Å². The van der Waals surface area contributed by atoms with Crippen molar-refractivity contribution < 1.29 is 43.9 Å². The summed E-state index contributed by atoms with van der Waals surface area (Å²) in [6.07, 6.45) is 0.653. The van der Waals surface area contributed by atoms with Gasteiger partial charge in [0.15, 0.2) is 58.2 Å². The Morgan fingerprint density at radius 2 is 0.763 bits per heavy atom. The third kappa shape index (κ3) is 4.55. The topological polar surface area (TPSA) is 74.6 Å². The normalized spacial score (nSPS) is 11.7. The van der Waals surface area contributed by atoms with Gasteiger partial charge in [-0.3, -0.25) is 10.9 Å². The van der Waals surface area contributed by atoms with E-state index in [1.165, 1.54) is 24.3 Å². The van der Waals surface area contributed by atoms with Gasteiger partial charge in [0.1, 0.15) is 0 Å². The number of rotatable bonds is 6. The molecule has 0 amide bonds. The molecule has 38 heavy (non-hydrogen) atoms. The summed E-state index contributed by atoms with van der Waals surface area (Å²) in [7, 11) is 0. The molecule has 0 bridgehead atoms. The number of benzene rings is 3. The second-order valence-corrected chi connectivity index (χ2v) is 7.15. The largest absolute Gasteiger partial charge is 0.259 e. The molecule has 0 radical (unpaired) electrons. The van der Waals surface area contributed by atoms with Crippen molar-refractivity contribution in [3.8, 4) is 0 Å². The molecule has 1 heterocycles. The Balaban J connectivity index is 1.62. The number of nitrogens with one attached hydrogen (secondary N) is 2. The van der Waals surface area contributed by atoms with Gasteiger partial charge in [0.2, 0.25) is 11.6 Å². The van der Waals surface area contributed by atoms with Crippen LogP contribution in [-0.2, 0) is 0 Å². The van der Waals surface area contributed by atoms with Crippen molar-refractivity contribution >= 4 is 34.8 Å². The number of hydrogen-bond acceptors (Lipinski definition) is 6. The molecular weight excluding hydrogens is 538 g/mol. The van der Waals surface area contributed by atoms with E-state index in [4.69, 9.17) is 0 Å². The van der Waals surface area contributed by atoms with Gasteiger partial charge in [0, 0.05) is 10.8 Å². The van der Waals surface area contributed by atoms with Crippen LogP contribution in [0.2, 0.25) is 0 Å². The number of hydrogen-bond donors (Lipinski definition) is 2. The lowest BCUT2D eigenvalue weighted by molar-refractivity contribution is 0.377. The van der Waals surface area contributed by atoms with Crippen LogP contribution in [-0.4, -0.2) is 22.6 Å². The summed E-state index contributed by atoms with van der Waals surface area (Å²) in [5.41, 5.74) is 1.80. The predicted molar refractivity (Wildman–Crippen MR) is 114 cm³/mol. The number of halogens is 10. The van der Waals surface area contributed by atoms with Crippen molar-refractivity contribution in [2.75, 3.05) is 10.9 Å². The first kappa shape index (κ1) is 26.3. The molecule has 3 aromatic carbocycles. The Morgan fingerprint density at radius 1 is 0.474 bits per heavy atom. The van der Waals surface area contributed by atoms with Crippen molar-refractivity contribution in [2.24, 2.45) is 10.2 Å². The van der Waals surface area contributed by atoms with Gasteiger partial charge < -0.3 is 0 Å². The first-order valence-electron chi connectivity index (χ1n) is 9.91. The summed E-state index contributed by atoms with van der Waals surface area (Å²) in [5.74, 6) is -22.2. The number of hydrazone groups is 2. The molecule has 1 aromatic heterocycles. The molecule has 0 saturated heterocycles. The van der Waals surface area contributed by atoms with Crippen LogP contribution in [0.25, 0.3) is 10.8 Å². The predicted octanol–water partition coefficient (Wildman–Crippen LogP) is 5.91. The highest BCUT2D eigenvalue weighted by Gasteiger charge is 2.26. The van der Waals surface area contributed by atoms with E-state index in [9.17, 15) is 43.9 Å². The SMILES string of the molecule is Fc1c(F)c(F)c(/C=N\Nc2nnc(N/N=C/c3c(F)c(F)c(F)c(F)c3F)c3ccccc23)c(F)c1F. The zero-order valence-electron chi connectivity index (χ0n) is 18.0. The van der Waals surface area contributed by atoms with E-state index in [1.807, 2.05) is 0 Å². The van der Waals surface area contributed by atoms with Crippen molar-refractivity contribution in [3.05, 3.63) is 93.6 Å². The minimum Gasteiger partial charge on any atom is -0.259 e. The van der Waals surface area contributed by atoms with E-state index >= 15 is 0 Å². The molecule has 2 N–H and O–H groups in total. The van der Waals surface area contributed by atoms with Gasteiger partial charge in [-0.15, -0.1) is 10.2 Å².